The molecule has 160 valence electrons. The minimum atomic E-state index is -0.396. The number of nitrogens with one attached hydrogen (secondary N) is 1. The van der Waals surface area contributed by atoms with E-state index in [0.717, 1.165) is 32.8 Å². The van der Waals surface area contributed by atoms with Crippen LogP contribution < -0.4 is 0 Å². The highest BCUT2D eigenvalue weighted by Crippen LogP contribution is 2.33. The Morgan fingerprint density at radius 2 is 1.94 bits per heavy atom. The number of amides is 1. The molecule has 8 heteroatoms. The predicted molar refractivity (Wildman–Crippen MR) is 132 cm³/mol. The van der Waals surface area contributed by atoms with Gasteiger partial charge in [-0.15, -0.1) is 5.10 Å². The number of amidine groups is 2. The number of aryl methyl sites for hydroxylation is 1. The maximum Gasteiger partial charge on any atom is 0.283 e. The van der Waals surface area contributed by atoms with E-state index in [1.165, 1.54) is 22.3 Å². The average molecular weight is 452 g/mol. The molecule has 0 unspecified atom stereocenters. The highest BCUT2D eigenvalue weighted by Gasteiger charge is 2.35. The van der Waals surface area contributed by atoms with Gasteiger partial charge in [-0.05, 0) is 72.7 Å². The van der Waals surface area contributed by atoms with Crippen LogP contribution in [0.4, 0.5) is 0 Å². The van der Waals surface area contributed by atoms with Gasteiger partial charge in [-0.1, -0.05) is 44.7 Å². The molecule has 1 N–H and O–H groups in total. The third kappa shape index (κ3) is 4.02. The van der Waals surface area contributed by atoms with E-state index in [0.29, 0.717) is 11.1 Å². The Morgan fingerprint density at radius 1 is 1.23 bits per heavy atom. The quantitative estimate of drug-likeness (QED) is 0.619. The molecule has 0 saturated carbocycles. The van der Waals surface area contributed by atoms with Gasteiger partial charge >= 0.3 is 0 Å². The van der Waals surface area contributed by atoms with Gasteiger partial charge in [0.05, 0.1) is 5.57 Å². The molecule has 0 aliphatic carbocycles. The van der Waals surface area contributed by atoms with Crippen molar-refractivity contribution in [2.75, 3.05) is 5.75 Å². The number of benzene rings is 1. The number of carbonyl (C=O) groups is 1. The van der Waals surface area contributed by atoms with Crippen LogP contribution in [-0.4, -0.2) is 36.6 Å². The zero-order chi connectivity index (χ0) is 22.3. The molecule has 31 heavy (non-hydrogen) atoms. The van der Waals surface area contributed by atoms with Crippen LogP contribution in [-0.2, 0) is 4.79 Å². The van der Waals surface area contributed by atoms with Crippen molar-refractivity contribution in [3.05, 3.63) is 58.4 Å². The zero-order valence-electron chi connectivity index (χ0n) is 18.3. The van der Waals surface area contributed by atoms with Gasteiger partial charge < -0.3 is 4.57 Å². The highest BCUT2D eigenvalue weighted by atomic mass is 32.2. The number of hydrogen-bond acceptors (Lipinski definition) is 5. The average Bonchev–Trinajstić information content (AvgIpc) is 3.25. The number of aromatic nitrogens is 1. The summed E-state index contributed by atoms with van der Waals surface area (Å²) in [6.07, 6.45) is 1.76. The second-order valence-electron chi connectivity index (χ2n) is 7.73. The van der Waals surface area contributed by atoms with Crippen molar-refractivity contribution >= 4 is 50.9 Å². The zero-order valence-corrected chi connectivity index (χ0v) is 19.9. The van der Waals surface area contributed by atoms with Crippen LogP contribution in [0.15, 0.2) is 46.0 Å². The van der Waals surface area contributed by atoms with Gasteiger partial charge in [-0.2, -0.15) is 10.0 Å². The Morgan fingerprint density at radius 3 is 2.58 bits per heavy atom. The molecule has 2 aliphatic heterocycles. The fourth-order valence-corrected chi connectivity index (χ4v) is 5.48. The molecule has 6 nitrogen and oxygen atoms in total. The molecule has 2 aromatic rings. The first-order valence-electron chi connectivity index (χ1n) is 10.2. The lowest BCUT2D eigenvalue weighted by Crippen LogP contribution is -2.35. The summed E-state index contributed by atoms with van der Waals surface area (Å²) in [6, 6.07) is 10.6. The second kappa shape index (κ2) is 8.51. The number of fused-ring (bicyclic) bond motifs is 1. The highest BCUT2D eigenvalue weighted by molar-refractivity contribution is 8.45. The molecule has 4 rings (SSSR count). The van der Waals surface area contributed by atoms with Crippen molar-refractivity contribution in [3.8, 4) is 5.69 Å². The summed E-state index contributed by atoms with van der Waals surface area (Å²) in [7, 11) is 0. The van der Waals surface area contributed by atoms with Crippen molar-refractivity contribution in [3.63, 3.8) is 0 Å². The lowest BCUT2D eigenvalue weighted by molar-refractivity contribution is -0.114. The van der Waals surface area contributed by atoms with E-state index in [2.05, 4.69) is 52.8 Å². The van der Waals surface area contributed by atoms with Gasteiger partial charge in [-0.25, -0.2) is 0 Å². The summed E-state index contributed by atoms with van der Waals surface area (Å²) in [5, 5.41) is 14.9. The van der Waals surface area contributed by atoms with Crippen LogP contribution in [0, 0.1) is 19.3 Å². The minimum absolute atomic E-state index is 0.0697. The molecule has 1 aromatic carbocycles. The first-order valence-corrected chi connectivity index (χ1v) is 12.0. The smallest absolute Gasteiger partial charge is 0.283 e. The Balaban J connectivity index is 1.69. The lowest BCUT2D eigenvalue weighted by Gasteiger charge is -2.20. The van der Waals surface area contributed by atoms with Crippen LogP contribution >= 0.6 is 23.5 Å². The molecule has 0 saturated heterocycles. The number of aliphatic imine (C=N–C) groups is 1. The molecule has 1 amide bonds. The monoisotopic (exact) mass is 451 g/mol. The van der Waals surface area contributed by atoms with Crippen molar-refractivity contribution in [2.24, 2.45) is 10.1 Å². The van der Waals surface area contributed by atoms with Gasteiger partial charge in [0.15, 0.2) is 10.2 Å². The van der Waals surface area contributed by atoms with E-state index in [1.54, 1.807) is 17.8 Å². The number of rotatable bonds is 4. The van der Waals surface area contributed by atoms with Crippen molar-refractivity contribution < 1.29 is 4.79 Å². The van der Waals surface area contributed by atoms with E-state index in [1.807, 2.05) is 26.8 Å². The number of carbonyl (C=O) groups excluding carboxylic acids is 1. The standard InChI is InChI=1S/C23H25N5OS2/c1-6-30-23-26-28-20(24)19(21(29)25-22(28)31-23)12-17-11-14(4)27(15(17)5)18-9-7-16(8-10-18)13(2)3/h7-13,24H,6H2,1-5H3. The molecule has 2 aliphatic rings. The Hall–Kier alpha value is -2.58. The van der Waals surface area contributed by atoms with E-state index in [-0.39, 0.29) is 11.4 Å². The third-order valence-corrected chi connectivity index (χ3v) is 7.22. The van der Waals surface area contributed by atoms with E-state index >= 15 is 0 Å². The molecule has 1 aromatic heterocycles. The normalized spacial score (nSPS) is 17.5. The summed E-state index contributed by atoms with van der Waals surface area (Å²) in [6.45, 7) is 10.5. The van der Waals surface area contributed by atoms with Crippen molar-refractivity contribution in [1.82, 2.24) is 9.58 Å². The summed E-state index contributed by atoms with van der Waals surface area (Å²) >= 11 is 2.92. The molecular formula is C23H25N5OS2. The minimum Gasteiger partial charge on any atom is -0.318 e. The first-order chi connectivity index (χ1) is 14.8. The Bertz CT molecular complexity index is 1160. The Kier molecular flexibility index (Phi) is 5.94. The van der Waals surface area contributed by atoms with E-state index in [4.69, 9.17) is 5.41 Å². The van der Waals surface area contributed by atoms with Gasteiger partial charge in [0, 0.05) is 17.1 Å². The molecule has 0 bridgehead atoms. The molecule has 0 fully saturated rings. The van der Waals surface area contributed by atoms with E-state index < -0.39 is 5.91 Å². The summed E-state index contributed by atoms with van der Waals surface area (Å²) in [4.78, 5) is 16.9. The molecule has 0 spiro atoms. The fourth-order valence-electron chi connectivity index (χ4n) is 3.65. The SMILES string of the molecule is CCSC1=NN2C(=N)C(=Cc3cc(C)n(-c4ccc(C(C)C)cc4)c3C)C(=O)N=C2S1. The molecular weight excluding hydrogens is 426 g/mol. The second-order valence-corrected chi connectivity index (χ2v) is 10.2. The lowest BCUT2D eigenvalue weighted by atomic mass is 10.0. The largest absolute Gasteiger partial charge is 0.318 e. The van der Waals surface area contributed by atoms with Crippen LogP contribution in [0.2, 0.25) is 0 Å². The van der Waals surface area contributed by atoms with Gasteiger partial charge in [-0.3, -0.25) is 10.2 Å². The van der Waals surface area contributed by atoms with Crippen LogP contribution in [0.5, 0.6) is 0 Å². The van der Waals surface area contributed by atoms with Crippen molar-refractivity contribution in [2.45, 2.75) is 40.5 Å². The fraction of sp³-hybridized carbons (Fsp3) is 0.304. The molecule has 3 heterocycles. The summed E-state index contributed by atoms with van der Waals surface area (Å²) < 4.78 is 2.98. The van der Waals surface area contributed by atoms with Crippen LogP contribution in [0.1, 0.15) is 49.2 Å². The number of thioether (sulfide) groups is 2. The van der Waals surface area contributed by atoms with Gasteiger partial charge in [0.25, 0.3) is 5.91 Å². The van der Waals surface area contributed by atoms with Crippen LogP contribution in [0.25, 0.3) is 11.8 Å². The number of nitrogens with zero attached hydrogens (tertiary/aromatic N) is 4. The summed E-state index contributed by atoms with van der Waals surface area (Å²) in [5.74, 6) is 1.03. The number of hydrogen-bond donors (Lipinski definition) is 1. The maximum atomic E-state index is 12.7. The molecule has 0 atom stereocenters. The van der Waals surface area contributed by atoms with E-state index in [9.17, 15) is 4.79 Å². The third-order valence-electron chi connectivity index (χ3n) is 5.29. The first kappa shape index (κ1) is 21.6. The Labute approximate surface area is 191 Å². The van der Waals surface area contributed by atoms with Gasteiger partial charge in [0.1, 0.15) is 0 Å². The topological polar surface area (TPSA) is 73.8 Å². The summed E-state index contributed by atoms with van der Waals surface area (Å²) in [5.41, 5.74) is 5.61. The molecule has 0 radical (unpaired) electrons. The number of hydrazone groups is 1. The predicted octanol–water partition coefficient (Wildman–Crippen LogP) is 5.55. The maximum absolute atomic E-state index is 12.7. The van der Waals surface area contributed by atoms with Gasteiger partial charge in [0.2, 0.25) is 5.17 Å². The van der Waals surface area contributed by atoms with Crippen LogP contribution in [0.3, 0.4) is 0 Å². The van der Waals surface area contributed by atoms with Crippen molar-refractivity contribution in [1.29, 1.82) is 5.41 Å².